The van der Waals surface area contributed by atoms with Gasteiger partial charge >= 0.3 is 5.97 Å². The van der Waals surface area contributed by atoms with E-state index in [9.17, 15) is 4.79 Å². The second-order valence-corrected chi connectivity index (χ2v) is 2.77. The van der Waals surface area contributed by atoms with Gasteiger partial charge in [0.25, 0.3) is 0 Å². The Morgan fingerprint density at radius 2 is 2.54 bits per heavy atom. The van der Waals surface area contributed by atoms with Gasteiger partial charge in [-0.15, -0.1) is 0 Å². The van der Waals surface area contributed by atoms with Crippen molar-refractivity contribution in [3.05, 3.63) is 29.1 Å². The number of aryl methyl sites for hydroxylation is 1. The van der Waals surface area contributed by atoms with E-state index < -0.39 is 5.97 Å². The molecule has 1 heterocycles. The minimum Gasteiger partial charge on any atom is -0.478 e. The first-order valence-corrected chi connectivity index (χ1v) is 4.11. The third kappa shape index (κ3) is 2.32. The van der Waals surface area contributed by atoms with Crippen LogP contribution in [0.2, 0.25) is 0 Å². The highest BCUT2D eigenvalue weighted by atomic mass is 35.5. The fourth-order valence-corrected chi connectivity index (χ4v) is 1.05. The molecule has 1 N–H and O–H groups in total. The number of carbonyl (C=O) groups is 1. The molecule has 0 aromatic carbocycles. The molecular formula is C8H9ClN2O2. The Morgan fingerprint density at radius 3 is 3.00 bits per heavy atom. The fraction of sp³-hybridized carbons (Fsp3) is 0.250. The fourth-order valence-electron chi connectivity index (χ4n) is 0.969. The molecule has 0 aliphatic carbocycles. The van der Waals surface area contributed by atoms with E-state index in [0.29, 0.717) is 12.2 Å². The highest BCUT2D eigenvalue weighted by Crippen LogP contribution is 2.05. The molecular weight excluding hydrogens is 192 g/mol. The summed E-state index contributed by atoms with van der Waals surface area (Å²) in [6, 6.07) is 0. The lowest BCUT2D eigenvalue weighted by Crippen LogP contribution is -1.96. The number of hydrogen-bond donors (Lipinski definition) is 1. The average Bonchev–Trinajstić information content (AvgIpc) is 2.43. The monoisotopic (exact) mass is 200 g/mol. The molecule has 0 aliphatic heterocycles. The Bertz CT molecular complexity index is 344. The van der Waals surface area contributed by atoms with Gasteiger partial charge in [-0.25, -0.2) is 4.79 Å². The molecule has 0 bridgehead atoms. The summed E-state index contributed by atoms with van der Waals surface area (Å²) in [6.07, 6.45) is 3.16. The molecule has 5 heteroatoms. The molecule has 0 amide bonds. The van der Waals surface area contributed by atoms with Crippen LogP contribution in [0.4, 0.5) is 0 Å². The van der Waals surface area contributed by atoms with Crippen LogP contribution < -0.4 is 0 Å². The lowest BCUT2D eigenvalue weighted by molar-refractivity contribution is 0.0696. The van der Waals surface area contributed by atoms with Gasteiger partial charge in [0.1, 0.15) is 5.56 Å². The van der Waals surface area contributed by atoms with E-state index in [1.54, 1.807) is 13.0 Å². The molecule has 0 fully saturated rings. The van der Waals surface area contributed by atoms with Crippen molar-refractivity contribution in [3.8, 4) is 0 Å². The first-order valence-electron chi connectivity index (χ1n) is 3.67. The van der Waals surface area contributed by atoms with Gasteiger partial charge in [-0.2, -0.15) is 5.10 Å². The van der Waals surface area contributed by atoms with E-state index in [1.165, 1.54) is 16.4 Å². The number of aromatic carboxylic acids is 1. The number of carboxylic acids is 1. The molecule has 0 radical (unpaired) electrons. The van der Waals surface area contributed by atoms with E-state index in [0.717, 1.165) is 0 Å². The Balaban J connectivity index is 2.88. The number of aromatic nitrogens is 2. The highest BCUT2D eigenvalue weighted by Gasteiger charge is 2.10. The van der Waals surface area contributed by atoms with Crippen molar-refractivity contribution in [2.24, 2.45) is 0 Å². The second kappa shape index (κ2) is 4.09. The van der Waals surface area contributed by atoms with Crippen LogP contribution in [0.1, 0.15) is 16.1 Å². The number of hydrogen-bond acceptors (Lipinski definition) is 2. The molecule has 70 valence electrons. The van der Waals surface area contributed by atoms with Gasteiger partial charge in [0, 0.05) is 11.7 Å². The van der Waals surface area contributed by atoms with Crippen molar-refractivity contribution in [2.75, 3.05) is 0 Å². The van der Waals surface area contributed by atoms with Gasteiger partial charge in [-0.3, -0.25) is 4.68 Å². The van der Waals surface area contributed by atoms with Crippen molar-refractivity contribution in [2.45, 2.75) is 13.5 Å². The molecule has 0 aliphatic rings. The maximum atomic E-state index is 10.6. The van der Waals surface area contributed by atoms with E-state index >= 15 is 0 Å². The van der Waals surface area contributed by atoms with Gasteiger partial charge in [-0.05, 0) is 6.92 Å². The van der Waals surface area contributed by atoms with E-state index in [2.05, 4.69) is 5.10 Å². The lowest BCUT2D eigenvalue weighted by Gasteiger charge is -1.91. The molecule has 1 aromatic rings. The maximum absolute atomic E-state index is 10.6. The van der Waals surface area contributed by atoms with Gasteiger partial charge in [0.05, 0.1) is 12.2 Å². The van der Waals surface area contributed by atoms with Gasteiger partial charge in [-0.1, -0.05) is 17.7 Å². The topological polar surface area (TPSA) is 55.1 Å². The second-order valence-electron chi connectivity index (χ2n) is 2.52. The summed E-state index contributed by atoms with van der Waals surface area (Å²) in [4.78, 5) is 10.6. The van der Waals surface area contributed by atoms with Crippen LogP contribution in [-0.4, -0.2) is 20.9 Å². The molecule has 0 spiro atoms. The van der Waals surface area contributed by atoms with E-state index in [4.69, 9.17) is 16.7 Å². The van der Waals surface area contributed by atoms with E-state index in [1.807, 2.05) is 0 Å². The molecule has 0 saturated carbocycles. The van der Waals surface area contributed by atoms with Crippen molar-refractivity contribution < 1.29 is 9.90 Å². The third-order valence-corrected chi connectivity index (χ3v) is 1.74. The number of halogens is 1. The number of allylic oxidation sites excluding steroid dienone is 1. The minimum atomic E-state index is -0.960. The van der Waals surface area contributed by atoms with Crippen LogP contribution in [0.3, 0.4) is 0 Å². The summed E-state index contributed by atoms with van der Waals surface area (Å²) in [7, 11) is 0. The molecule has 4 nitrogen and oxygen atoms in total. The quantitative estimate of drug-likeness (QED) is 0.807. The molecule has 0 saturated heterocycles. The third-order valence-electron chi connectivity index (χ3n) is 1.56. The molecule has 13 heavy (non-hydrogen) atoms. The van der Waals surface area contributed by atoms with Crippen molar-refractivity contribution in [1.82, 2.24) is 9.78 Å². The van der Waals surface area contributed by atoms with Crippen LogP contribution in [0.25, 0.3) is 0 Å². The SMILES string of the molecule is Cc1nn(CC=CCl)cc1C(=O)O. The predicted molar refractivity (Wildman–Crippen MR) is 48.9 cm³/mol. The Hall–Kier alpha value is -1.29. The van der Waals surface area contributed by atoms with Gasteiger partial charge in [0.15, 0.2) is 0 Å². The minimum absolute atomic E-state index is 0.225. The Labute approximate surface area is 80.4 Å². The summed E-state index contributed by atoms with van der Waals surface area (Å²) in [6.45, 7) is 2.14. The zero-order chi connectivity index (χ0) is 9.84. The molecule has 1 aromatic heterocycles. The summed E-state index contributed by atoms with van der Waals surface area (Å²) >= 11 is 5.32. The van der Waals surface area contributed by atoms with Crippen molar-refractivity contribution >= 4 is 17.6 Å². The Morgan fingerprint density at radius 1 is 1.85 bits per heavy atom. The zero-order valence-corrected chi connectivity index (χ0v) is 7.82. The first-order chi connectivity index (χ1) is 6.15. The summed E-state index contributed by atoms with van der Waals surface area (Å²) in [5.74, 6) is -0.960. The van der Waals surface area contributed by atoms with Crippen LogP contribution >= 0.6 is 11.6 Å². The Kier molecular flexibility index (Phi) is 3.08. The predicted octanol–water partition coefficient (Wildman–Crippen LogP) is 1.64. The molecule has 0 unspecified atom stereocenters. The van der Waals surface area contributed by atoms with Gasteiger partial charge in [0.2, 0.25) is 0 Å². The smallest absolute Gasteiger partial charge is 0.339 e. The van der Waals surface area contributed by atoms with E-state index in [-0.39, 0.29) is 5.56 Å². The molecule has 0 atom stereocenters. The van der Waals surface area contributed by atoms with Crippen LogP contribution in [0, 0.1) is 6.92 Å². The summed E-state index contributed by atoms with van der Waals surface area (Å²) in [5, 5.41) is 12.7. The zero-order valence-electron chi connectivity index (χ0n) is 7.07. The average molecular weight is 201 g/mol. The maximum Gasteiger partial charge on any atom is 0.339 e. The van der Waals surface area contributed by atoms with Gasteiger partial charge < -0.3 is 5.11 Å². The summed E-state index contributed by atoms with van der Waals surface area (Å²) < 4.78 is 1.53. The van der Waals surface area contributed by atoms with Crippen LogP contribution in [0.5, 0.6) is 0 Å². The standard InChI is InChI=1S/C8H9ClN2O2/c1-6-7(8(12)13)5-11(10-6)4-2-3-9/h2-3,5H,4H2,1H3,(H,12,13). The lowest BCUT2D eigenvalue weighted by atomic mass is 10.3. The van der Waals surface area contributed by atoms with Crippen molar-refractivity contribution in [3.63, 3.8) is 0 Å². The molecule has 1 rings (SSSR count). The summed E-state index contributed by atoms with van der Waals surface area (Å²) in [5.41, 5.74) is 2.11. The van der Waals surface area contributed by atoms with Crippen LogP contribution in [-0.2, 0) is 6.54 Å². The normalized spacial score (nSPS) is 10.9. The highest BCUT2D eigenvalue weighted by molar-refractivity contribution is 6.25. The van der Waals surface area contributed by atoms with Crippen LogP contribution in [0.15, 0.2) is 17.8 Å². The first kappa shape index (κ1) is 9.80. The number of nitrogens with zero attached hydrogens (tertiary/aromatic N) is 2. The largest absolute Gasteiger partial charge is 0.478 e. The number of carboxylic acid groups (broad SMARTS) is 1. The number of rotatable bonds is 3. The van der Waals surface area contributed by atoms with Crippen molar-refractivity contribution in [1.29, 1.82) is 0 Å².